The summed E-state index contributed by atoms with van der Waals surface area (Å²) in [6.45, 7) is 0.615. The van der Waals surface area contributed by atoms with Crippen molar-refractivity contribution in [2.75, 3.05) is 0 Å². The summed E-state index contributed by atoms with van der Waals surface area (Å²) in [4.78, 5) is 0. The largest absolute Gasteiger partial charge is 0.496 e. The highest BCUT2D eigenvalue weighted by molar-refractivity contribution is 5.47. The van der Waals surface area contributed by atoms with Crippen molar-refractivity contribution in [2.24, 2.45) is 0 Å². The number of rotatable bonds is 4. The van der Waals surface area contributed by atoms with Crippen molar-refractivity contribution in [3.8, 4) is 0 Å². The fourth-order valence-electron chi connectivity index (χ4n) is 1.41. The maximum absolute atomic E-state index is 5.44. The van der Waals surface area contributed by atoms with Crippen LogP contribution in [0.5, 0.6) is 0 Å². The Morgan fingerprint density at radius 1 is 0.812 bits per heavy atom. The van der Waals surface area contributed by atoms with E-state index in [0.717, 1.165) is 5.56 Å². The lowest BCUT2D eigenvalue weighted by molar-refractivity contribution is 0.239. The molecule has 0 atom stereocenters. The summed E-state index contributed by atoms with van der Waals surface area (Å²) in [6, 6.07) is 20.2. The van der Waals surface area contributed by atoms with Crippen LogP contribution in [-0.2, 0) is 11.3 Å². The summed E-state index contributed by atoms with van der Waals surface area (Å²) in [5.74, 6) is 0. The van der Waals surface area contributed by atoms with E-state index in [-0.39, 0.29) is 0 Å². The number of hydrogen-bond acceptors (Lipinski definition) is 1. The van der Waals surface area contributed by atoms with E-state index >= 15 is 0 Å². The predicted molar refractivity (Wildman–Crippen MR) is 66.7 cm³/mol. The van der Waals surface area contributed by atoms with Crippen molar-refractivity contribution in [3.05, 3.63) is 78.1 Å². The molecule has 2 aromatic carbocycles. The molecule has 0 spiro atoms. The molecular formula is C15H14O. The lowest BCUT2D eigenvalue weighted by atomic mass is 10.2. The van der Waals surface area contributed by atoms with Crippen molar-refractivity contribution in [2.45, 2.75) is 6.61 Å². The predicted octanol–water partition coefficient (Wildman–Crippen LogP) is 3.87. The third-order valence-electron chi connectivity index (χ3n) is 2.25. The summed E-state index contributed by atoms with van der Waals surface area (Å²) in [6.07, 6.45) is 3.70. The second-order valence-corrected chi connectivity index (χ2v) is 3.51. The molecule has 0 aliphatic carbocycles. The molecule has 0 fully saturated rings. The van der Waals surface area contributed by atoms with E-state index in [0.29, 0.717) is 6.61 Å². The van der Waals surface area contributed by atoms with E-state index < -0.39 is 0 Å². The van der Waals surface area contributed by atoms with Gasteiger partial charge in [0.2, 0.25) is 0 Å². The van der Waals surface area contributed by atoms with Gasteiger partial charge in [-0.15, -0.1) is 0 Å². The Kier molecular flexibility index (Phi) is 3.78. The molecule has 0 aliphatic rings. The summed E-state index contributed by atoms with van der Waals surface area (Å²) in [5, 5.41) is 0. The summed E-state index contributed by atoms with van der Waals surface area (Å²) < 4.78 is 5.44. The summed E-state index contributed by atoms with van der Waals surface area (Å²) >= 11 is 0. The zero-order valence-electron chi connectivity index (χ0n) is 9.04. The van der Waals surface area contributed by atoms with Crippen LogP contribution in [0.3, 0.4) is 0 Å². The minimum Gasteiger partial charge on any atom is -0.496 e. The van der Waals surface area contributed by atoms with Crippen molar-refractivity contribution in [1.29, 1.82) is 0 Å². The lowest BCUT2D eigenvalue weighted by Crippen LogP contribution is -1.84. The zero-order chi connectivity index (χ0) is 11.1. The van der Waals surface area contributed by atoms with Gasteiger partial charge in [-0.2, -0.15) is 0 Å². The van der Waals surface area contributed by atoms with E-state index in [1.165, 1.54) is 5.56 Å². The molecule has 0 aliphatic heterocycles. The molecule has 1 heteroatoms. The standard InChI is InChI=1S/C15H14O/c1-3-7-14(8-4-1)11-12-16-13-15-9-5-2-6-10-15/h1-12H,13H2. The van der Waals surface area contributed by atoms with E-state index in [2.05, 4.69) is 12.1 Å². The molecule has 0 bridgehead atoms. The molecule has 16 heavy (non-hydrogen) atoms. The maximum Gasteiger partial charge on any atom is 0.112 e. The first-order valence-electron chi connectivity index (χ1n) is 5.32. The van der Waals surface area contributed by atoms with E-state index in [1.54, 1.807) is 6.26 Å². The molecule has 80 valence electrons. The topological polar surface area (TPSA) is 9.23 Å². The van der Waals surface area contributed by atoms with E-state index in [1.807, 2.05) is 54.6 Å². The summed E-state index contributed by atoms with van der Waals surface area (Å²) in [7, 11) is 0. The molecular weight excluding hydrogens is 196 g/mol. The number of hydrogen-bond donors (Lipinski definition) is 0. The molecule has 0 radical (unpaired) electrons. The van der Waals surface area contributed by atoms with Crippen molar-refractivity contribution >= 4 is 6.08 Å². The van der Waals surface area contributed by atoms with Crippen molar-refractivity contribution in [1.82, 2.24) is 0 Å². The highest BCUT2D eigenvalue weighted by Gasteiger charge is 1.88. The Hall–Kier alpha value is -2.02. The van der Waals surface area contributed by atoms with Crippen LogP contribution in [0.15, 0.2) is 66.9 Å². The second kappa shape index (κ2) is 5.76. The van der Waals surface area contributed by atoms with Crippen LogP contribution in [0.2, 0.25) is 0 Å². The highest BCUT2D eigenvalue weighted by atomic mass is 16.5. The lowest BCUT2D eigenvalue weighted by Gasteiger charge is -2.00. The Bertz CT molecular complexity index is 432. The molecule has 0 unspecified atom stereocenters. The maximum atomic E-state index is 5.44. The van der Waals surface area contributed by atoms with Crippen molar-refractivity contribution < 1.29 is 4.74 Å². The van der Waals surface area contributed by atoms with Crippen LogP contribution in [0.1, 0.15) is 11.1 Å². The normalized spacial score (nSPS) is 10.5. The Balaban J connectivity index is 1.83. The molecule has 0 N–H and O–H groups in total. The fourth-order valence-corrected chi connectivity index (χ4v) is 1.41. The van der Waals surface area contributed by atoms with Gasteiger partial charge in [-0.1, -0.05) is 60.7 Å². The van der Waals surface area contributed by atoms with Gasteiger partial charge in [-0.3, -0.25) is 0 Å². The average molecular weight is 210 g/mol. The minimum atomic E-state index is 0.615. The van der Waals surface area contributed by atoms with Gasteiger partial charge in [0.05, 0.1) is 6.26 Å². The minimum absolute atomic E-state index is 0.615. The Morgan fingerprint density at radius 3 is 2.12 bits per heavy atom. The third kappa shape index (κ3) is 3.28. The van der Waals surface area contributed by atoms with Gasteiger partial charge < -0.3 is 4.74 Å². The monoisotopic (exact) mass is 210 g/mol. The van der Waals surface area contributed by atoms with E-state index in [4.69, 9.17) is 4.74 Å². The first-order chi connectivity index (χ1) is 7.95. The molecule has 0 heterocycles. The van der Waals surface area contributed by atoms with Gasteiger partial charge in [0, 0.05) is 0 Å². The quantitative estimate of drug-likeness (QED) is 0.696. The van der Waals surface area contributed by atoms with Crippen LogP contribution < -0.4 is 0 Å². The molecule has 0 saturated heterocycles. The Labute approximate surface area is 96.0 Å². The smallest absolute Gasteiger partial charge is 0.112 e. The first-order valence-corrected chi connectivity index (χ1v) is 5.32. The highest BCUT2D eigenvalue weighted by Crippen LogP contribution is 2.04. The number of ether oxygens (including phenoxy) is 1. The van der Waals surface area contributed by atoms with Gasteiger partial charge in [-0.25, -0.2) is 0 Å². The summed E-state index contributed by atoms with van der Waals surface area (Å²) in [5.41, 5.74) is 2.33. The van der Waals surface area contributed by atoms with Crippen LogP contribution in [0.4, 0.5) is 0 Å². The molecule has 0 amide bonds. The fraction of sp³-hybridized carbons (Fsp3) is 0.0667. The van der Waals surface area contributed by atoms with Gasteiger partial charge in [0.15, 0.2) is 0 Å². The van der Waals surface area contributed by atoms with Crippen LogP contribution >= 0.6 is 0 Å². The third-order valence-corrected chi connectivity index (χ3v) is 2.25. The molecule has 2 aromatic rings. The second-order valence-electron chi connectivity index (χ2n) is 3.51. The van der Waals surface area contributed by atoms with Gasteiger partial charge in [-0.05, 0) is 17.2 Å². The van der Waals surface area contributed by atoms with Crippen LogP contribution in [0.25, 0.3) is 6.08 Å². The molecule has 2 rings (SSSR count). The molecule has 1 nitrogen and oxygen atoms in total. The molecule has 0 saturated carbocycles. The zero-order valence-corrected chi connectivity index (χ0v) is 9.04. The molecule has 0 aromatic heterocycles. The Morgan fingerprint density at radius 2 is 1.44 bits per heavy atom. The average Bonchev–Trinajstić information content (AvgIpc) is 2.37. The van der Waals surface area contributed by atoms with Crippen LogP contribution in [-0.4, -0.2) is 0 Å². The van der Waals surface area contributed by atoms with Gasteiger partial charge in [0.1, 0.15) is 6.61 Å². The SMILES string of the molecule is C(=Cc1ccccc1)OCc1ccccc1. The van der Waals surface area contributed by atoms with Gasteiger partial charge >= 0.3 is 0 Å². The van der Waals surface area contributed by atoms with Gasteiger partial charge in [0.25, 0.3) is 0 Å². The first kappa shape index (κ1) is 10.5. The van der Waals surface area contributed by atoms with Crippen LogP contribution in [0, 0.1) is 0 Å². The van der Waals surface area contributed by atoms with E-state index in [9.17, 15) is 0 Å². The number of benzene rings is 2. The van der Waals surface area contributed by atoms with Crippen molar-refractivity contribution in [3.63, 3.8) is 0 Å².